The highest BCUT2D eigenvalue weighted by atomic mass is 19.4. The number of hydrogen-bond donors (Lipinski definition) is 1. The normalized spacial score (nSPS) is 13.0. The molecule has 0 fully saturated rings. The van der Waals surface area contributed by atoms with Crippen LogP contribution in [0.15, 0.2) is 54.6 Å². The highest BCUT2D eigenvalue weighted by molar-refractivity contribution is 5.28. The third kappa shape index (κ3) is 4.23. The molecule has 0 aromatic heterocycles. The summed E-state index contributed by atoms with van der Waals surface area (Å²) in [5.74, 6) is 0.623. The van der Waals surface area contributed by atoms with E-state index in [4.69, 9.17) is 4.74 Å². The second-order valence-corrected chi connectivity index (χ2v) is 4.62. The monoisotopic (exact) mass is 295 g/mol. The third-order valence-electron chi connectivity index (χ3n) is 3.10. The van der Waals surface area contributed by atoms with Crippen LogP contribution in [0.25, 0.3) is 0 Å². The molecule has 21 heavy (non-hydrogen) atoms. The van der Waals surface area contributed by atoms with Crippen molar-refractivity contribution in [3.05, 3.63) is 65.7 Å². The van der Waals surface area contributed by atoms with Gasteiger partial charge in [-0.2, -0.15) is 13.2 Å². The van der Waals surface area contributed by atoms with Gasteiger partial charge in [-0.25, -0.2) is 0 Å². The molecule has 0 heterocycles. The molecule has 2 nitrogen and oxygen atoms in total. The van der Waals surface area contributed by atoms with Gasteiger partial charge in [0.25, 0.3) is 0 Å². The Morgan fingerprint density at radius 3 is 2.38 bits per heavy atom. The smallest absolute Gasteiger partial charge is 0.407 e. The lowest BCUT2D eigenvalue weighted by molar-refractivity contribution is -0.158. The van der Waals surface area contributed by atoms with Crippen LogP contribution in [-0.2, 0) is 6.54 Å². The van der Waals surface area contributed by atoms with Gasteiger partial charge in [0.15, 0.2) is 0 Å². The lowest BCUT2D eigenvalue weighted by Crippen LogP contribution is -2.33. The van der Waals surface area contributed by atoms with Crippen LogP contribution >= 0.6 is 0 Å². The zero-order valence-corrected chi connectivity index (χ0v) is 11.5. The van der Waals surface area contributed by atoms with E-state index in [1.165, 1.54) is 19.2 Å². The number of rotatable bonds is 5. The fourth-order valence-electron chi connectivity index (χ4n) is 2.07. The summed E-state index contributed by atoms with van der Waals surface area (Å²) in [5, 5.41) is 2.56. The molecular weight excluding hydrogens is 279 g/mol. The minimum atomic E-state index is -4.35. The second kappa shape index (κ2) is 6.63. The Bertz CT molecular complexity index is 569. The van der Waals surface area contributed by atoms with Gasteiger partial charge in [0.05, 0.1) is 7.11 Å². The molecule has 1 unspecified atom stereocenters. The van der Waals surface area contributed by atoms with Gasteiger partial charge in [0, 0.05) is 6.54 Å². The first-order valence-corrected chi connectivity index (χ1v) is 6.48. The summed E-state index contributed by atoms with van der Waals surface area (Å²) in [6, 6.07) is 13.1. The van der Waals surface area contributed by atoms with E-state index >= 15 is 0 Å². The van der Waals surface area contributed by atoms with E-state index in [0.29, 0.717) is 5.75 Å². The van der Waals surface area contributed by atoms with Crippen LogP contribution in [0.3, 0.4) is 0 Å². The van der Waals surface area contributed by atoms with Crippen molar-refractivity contribution in [3.8, 4) is 5.75 Å². The Labute approximate surface area is 121 Å². The van der Waals surface area contributed by atoms with Crippen LogP contribution in [0, 0.1) is 0 Å². The van der Waals surface area contributed by atoms with E-state index in [0.717, 1.165) is 5.56 Å². The minimum Gasteiger partial charge on any atom is -0.497 e. The zero-order chi connectivity index (χ0) is 15.3. The van der Waals surface area contributed by atoms with E-state index in [9.17, 15) is 13.2 Å². The molecule has 0 radical (unpaired) electrons. The quantitative estimate of drug-likeness (QED) is 0.897. The van der Waals surface area contributed by atoms with Crippen molar-refractivity contribution in [2.75, 3.05) is 7.11 Å². The molecule has 1 N–H and O–H groups in total. The van der Waals surface area contributed by atoms with E-state index < -0.39 is 12.2 Å². The summed E-state index contributed by atoms with van der Waals surface area (Å²) in [4.78, 5) is 0. The predicted octanol–water partition coefficient (Wildman–Crippen LogP) is 4.09. The van der Waals surface area contributed by atoms with Crippen LogP contribution in [0.4, 0.5) is 13.2 Å². The summed E-state index contributed by atoms with van der Waals surface area (Å²) in [6.07, 6.45) is -4.35. The molecule has 2 aromatic carbocycles. The van der Waals surface area contributed by atoms with Gasteiger partial charge in [-0.3, -0.25) is 5.32 Å². The first-order valence-electron chi connectivity index (χ1n) is 6.48. The van der Waals surface area contributed by atoms with Crippen molar-refractivity contribution in [3.63, 3.8) is 0 Å². The Balaban J connectivity index is 2.13. The Morgan fingerprint density at radius 2 is 1.76 bits per heavy atom. The number of nitrogens with one attached hydrogen (secondary N) is 1. The van der Waals surface area contributed by atoms with Gasteiger partial charge < -0.3 is 4.74 Å². The summed E-state index contributed by atoms with van der Waals surface area (Å²) in [7, 11) is 1.52. The zero-order valence-electron chi connectivity index (χ0n) is 11.5. The van der Waals surface area contributed by atoms with Crippen molar-refractivity contribution in [2.24, 2.45) is 0 Å². The number of ether oxygens (including phenoxy) is 1. The van der Waals surface area contributed by atoms with Crippen LogP contribution in [0.1, 0.15) is 17.2 Å². The fraction of sp³-hybridized carbons (Fsp3) is 0.250. The molecule has 0 aliphatic rings. The molecule has 1 atom stereocenters. The average molecular weight is 295 g/mol. The van der Waals surface area contributed by atoms with E-state index in [-0.39, 0.29) is 12.1 Å². The van der Waals surface area contributed by atoms with Crippen molar-refractivity contribution < 1.29 is 17.9 Å². The summed E-state index contributed by atoms with van der Waals surface area (Å²) in [5.41, 5.74) is 0.937. The summed E-state index contributed by atoms with van der Waals surface area (Å²) < 4.78 is 44.6. The Kier molecular flexibility index (Phi) is 4.85. The van der Waals surface area contributed by atoms with Crippen LogP contribution < -0.4 is 10.1 Å². The number of benzene rings is 2. The molecule has 0 aliphatic heterocycles. The molecule has 0 saturated heterocycles. The Hall–Kier alpha value is -2.01. The minimum absolute atomic E-state index is 0.107. The molecule has 112 valence electrons. The first-order chi connectivity index (χ1) is 10.0. The first kappa shape index (κ1) is 15.4. The number of hydrogen-bond acceptors (Lipinski definition) is 2. The van der Waals surface area contributed by atoms with Crippen molar-refractivity contribution >= 4 is 0 Å². The average Bonchev–Trinajstić information content (AvgIpc) is 2.47. The maximum Gasteiger partial charge on any atom is 0.407 e. The molecular formula is C16H16F3NO. The van der Waals surface area contributed by atoms with Crippen molar-refractivity contribution in [1.82, 2.24) is 5.32 Å². The van der Waals surface area contributed by atoms with Gasteiger partial charge in [-0.15, -0.1) is 0 Å². The molecule has 0 saturated carbocycles. The molecule has 0 spiro atoms. The van der Waals surface area contributed by atoms with Gasteiger partial charge in [0.2, 0.25) is 0 Å². The number of halogens is 3. The number of alkyl halides is 3. The van der Waals surface area contributed by atoms with Gasteiger partial charge in [-0.05, 0) is 23.3 Å². The standard InChI is InChI=1S/C16H16F3NO/c1-21-14-9-5-6-12(10-14)11-20-15(16(17,18)19)13-7-3-2-4-8-13/h2-10,15,20H,11H2,1H3. The molecule has 2 rings (SSSR count). The summed E-state index contributed by atoms with van der Waals surface area (Å²) in [6.45, 7) is 0.107. The molecule has 0 bridgehead atoms. The Morgan fingerprint density at radius 1 is 1.05 bits per heavy atom. The summed E-state index contributed by atoms with van der Waals surface area (Å²) >= 11 is 0. The van der Waals surface area contributed by atoms with Crippen LogP contribution in [0.5, 0.6) is 5.75 Å². The molecule has 0 aliphatic carbocycles. The maximum absolute atomic E-state index is 13.2. The predicted molar refractivity (Wildman–Crippen MR) is 75.1 cm³/mol. The SMILES string of the molecule is COc1cccc(CNC(c2ccccc2)C(F)(F)F)c1. The maximum atomic E-state index is 13.2. The van der Waals surface area contributed by atoms with Gasteiger partial charge in [0.1, 0.15) is 11.8 Å². The topological polar surface area (TPSA) is 21.3 Å². The van der Waals surface area contributed by atoms with Crippen molar-refractivity contribution in [1.29, 1.82) is 0 Å². The van der Waals surface area contributed by atoms with E-state index in [1.807, 2.05) is 0 Å². The highest BCUT2D eigenvalue weighted by Crippen LogP contribution is 2.32. The second-order valence-electron chi connectivity index (χ2n) is 4.62. The largest absolute Gasteiger partial charge is 0.497 e. The van der Waals surface area contributed by atoms with E-state index in [1.54, 1.807) is 42.5 Å². The number of methoxy groups -OCH3 is 1. The molecule has 5 heteroatoms. The van der Waals surface area contributed by atoms with Gasteiger partial charge in [-0.1, -0.05) is 42.5 Å². The molecule has 0 amide bonds. The van der Waals surface area contributed by atoms with Crippen LogP contribution in [0.2, 0.25) is 0 Å². The van der Waals surface area contributed by atoms with Crippen molar-refractivity contribution in [2.45, 2.75) is 18.8 Å². The third-order valence-corrected chi connectivity index (χ3v) is 3.10. The highest BCUT2D eigenvalue weighted by Gasteiger charge is 2.40. The van der Waals surface area contributed by atoms with E-state index in [2.05, 4.69) is 5.32 Å². The van der Waals surface area contributed by atoms with Gasteiger partial charge >= 0.3 is 6.18 Å². The lowest BCUT2D eigenvalue weighted by atomic mass is 10.1. The molecule has 2 aromatic rings. The van der Waals surface area contributed by atoms with Crippen LogP contribution in [-0.4, -0.2) is 13.3 Å². The fourth-order valence-corrected chi connectivity index (χ4v) is 2.07. The lowest BCUT2D eigenvalue weighted by Gasteiger charge is -2.22.